The van der Waals surface area contributed by atoms with E-state index in [-0.39, 0.29) is 5.91 Å². The van der Waals surface area contributed by atoms with Crippen LogP contribution < -0.4 is 10.6 Å². The van der Waals surface area contributed by atoms with Gasteiger partial charge >= 0.3 is 0 Å². The average Bonchev–Trinajstić information content (AvgIpc) is 2.73. The Balaban J connectivity index is 1.76. The van der Waals surface area contributed by atoms with Gasteiger partial charge < -0.3 is 5.32 Å². The number of carbonyl (C=O) groups is 1. The third-order valence-electron chi connectivity index (χ3n) is 4.04. The largest absolute Gasteiger partial charge is 0.326 e. The van der Waals surface area contributed by atoms with E-state index in [2.05, 4.69) is 27.5 Å². The van der Waals surface area contributed by atoms with Gasteiger partial charge in [0.25, 0.3) is 5.91 Å². The highest BCUT2D eigenvalue weighted by molar-refractivity contribution is 6.09. The fourth-order valence-corrected chi connectivity index (χ4v) is 2.50. The van der Waals surface area contributed by atoms with Crippen LogP contribution in [0.3, 0.4) is 0 Å². The van der Waals surface area contributed by atoms with Gasteiger partial charge in [-0.15, -0.1) is 0 Å². The lowest BCUT2D eigenvalue weighted by Crippen LogP contribution is -2.36. The lowest BCUT2D eigenvalue weighted by Gasteiger charge is -2.12. The van der Waals surface area contributed by atoms with Gasteiger partial charge in [-0.2, -0.15) is 0 Å². The van der Waals surface area contributed by atoms with E-state index in [1.807, 2.05) is 66.7 Å². The highest BCUT2D eigenvalue weighted by Gasteiger charge is 2.09. The van der Waals surface area contributed by atoms with Crippen molar-refractivity contribution < 1.29 is 4.79 Å². The number of anilines is 1. The van der Waals surface area contributed by atoms with Gasteiger partial charge in [0.2, 0.25) is 5.96 Å². The van der Waals surface area contributed by atoms with Crippen LogP contribution in [0.2, 0.25) is 0 Å². The molecule has 0 spiro atoms. The molecule has 5 heteroatoms. The Kier molecular flexibility index (Phi) is 6.30. The number of nitrogens with one attached hydrogen (secondary N) is 2. The quantitative estimate of drug-likeness (QED) is 0.534. The van der Waals surface area contributed by atoms with Crippen molar-refractivity contribution >= 4 is 17.6 Å². The minimum atomic E-state index is -0.203. The SMILES string of the molecule is CCc1ccc(C(=O)NC(=NCc2cccnc2)Nc2ccccc2)cc1. The number of amides is 1. The molecule has 0 saturated heterocycles. The molecule has 2 aromatic carbocycles. The predicted molar refractivity (Wildman–Crippen MR) is 109 cm³/mol. The molecule has 1 aromatic heterocycles. The normalized spacial score (nSPS) is 11.1. The molecule has 0 radical (unpaired) electrons. The standard InChI is InChI=1S/C22H22N4O/c1-2-17-10-12-19(13-11-17)21(27)26-22(25-20-8-4-3-5-9-20)24-16-18-7-6-14-23-15-18/h3-15H,2,16H2,1H3,(H2,24,25,26,27). The summed E-state index contributed by atoms with van der Waals surface area (Å²) in [5.74, 6) is 0.195. The van der Waals surface area contributed by atoms with Gasteiger partial charge in [-0.25, -0.2) is 4.99 Å². The molecule has 0 saturated carbocycles. The highest BCUT2D eigenvalue weighted by Crippen LogP contribution is 2.08. The number of benzene rings is 2. The average molecular weight is 358 g/mol. The van der Waals surface area contributed by atoms with Crippen molar-refractivity contribution in [3.63, 3.8) is 0 Å². The van der Waals surface area contributed by atoms with Crippen LogP contribution in [0.15, 0.2) is 84.1 Å². The first-order valence-corrected chi connectivity index (χ1v) is 8.90. The summed E-state index contributed by atoms with van der Waals surface area (Å²) in [7, 11) is 0. The Labute approximate surface area is 159 Å². The van der Waals surface area contributed by atoms with Gasteiger partial charge in [0.1, 0.15) is 0 Å². The van der Waals surface area contributed by atoms with Crippen LogP contribution in [-0.4, -0.2) is 16.9 Å². The van der Waals surface area contributed by atoms with Crippen LogP contribution >= 0.6 is 0 Å². The molecular weight excluding hydrogens is 336 g/mol. The maximum Gasteiger partial charge on any atom is 0.257 e. The van der Waals surface area contributed by atoms with Crippen molar-refractivity contribution in [3.05, 3.63) is 95.8 Å². The lowest BCUT2D eigenvalue weighted by atomic mass is 10.1. The van der Waals surface area contributed by atoms with Crippen LogP contribution in [0.1, 0.15) is 28.4 Å². The first-order chi connectivity index (χ1) is 13.2. The Morgan fingerprint density at radius 2 is 1.74 bits per heavy atom. The van der Waals surface area contributed by atoms with E-state index >= 15 is 0 Å². The first-order valence-electron chi connectivity index (χ1n) is 8.90. The van der Waals surface area contributed by atoms with E-state index < -0.39 is 0 Å². The third-order valence-corrected chi connectivity index (χ3v) is 4.04. The molecule has 3 aromatic rings. The third kappa shape index (κ3) is 5.51. The monoisotopic (exact) mass is 358 g/mol. The zero-order valence-electron chi connectivity index (χ0n) is 15.2. The molecule has 0 fully saturated rings. The number of aryl methyl sites for hydroxylation is 1. The second kappa shape index (κ2) is 9.29. The number of pyridine rings is 1. The number of carbonyl (C=O) groups excluding carboxylic acids is 1. The summed E-state index contributed by atoms with van der Waals surface area (Å²) >= 11 is 0. The highest BCUT2D eigenvalue weighted by atomic mass is 16.1. The van der Waals surface area contributed by atoms with E-state index in [0.29, 0.717) is 18.1 Å². The summed E-state index contributed by atoms with van der Waals surface area (Å²) < 4.78 is 0. The summed E-state index contributed by atoms with van der Waals surface area (Å²) in [4.78, 5) is 21.2. The molecule has 136 valence electrons. The van der Waals surface area contributed by atoms with Crippen molar-refractivity contribution in [2.24, 2.45) is 4.99 Å². The Hall–Kier alpha value is -3.47. The van der Waals surface area contributed by atoms with E-state index in [1.54, 1.807) is 12.4 Å². The number of rotatable bonds is 5. The van der Waals surface area contributed by atoms with Gasteiger partial charge in [-0.3, -0.25) is 15.1 Å². The molecule has 1 amide bonds. The fraction of sp³-hybridized carbons (Fsp3) is 0.136. The predicted octanol–water partition coefficient (Wildman–Crippen LogP) is 4.04. The molecule has 0 unspecified atom stereocenters. The number of guanidine groups is 1. The van der Waals surface area contributed by atoms with E-state index in [0.717, 1.165) is 17.7 Å². The molecule has 5 nitrogen and oxygen atoms in total. The van der Waals surface area contributed by atoms with Crippen LogP contribution in [0.5, 0.6) is 0 Å². The second-order valence-electron chi connectivity index (χ2n) is 6.02. The van der Waals surface area contributed by atoms with Crippen LogP contribution in [0.25, 0.3) is 0 Å². The second-order valence-corrected chi connectivity index (χ2v) is 6.02. The number of nitrogens with zero attached hydrogens (tertiary/aromatic N) is 2. The molecule has 3 rings (SSSR count). The number of hydrogen-bond donors (Lipinski definition) is 2. The molecular formula is C22H22N4O. The summed E-state index contributed by atoms with van der Waals surface area (Å²) in [6.07, 6.45) is 4.42. The first kappa shape index (κ1) is 18.3. The van der Waals surface area contributed by atoms with Gasteiger partial charge in [-0.05, 0) is 47.9 Å². The lowest BCUT2D eigenvalue weighted by molar-refractivity contribution is 0.0977. The number of para-hydroxylation sites is 1. The van der Waals surface area contributed by atoms with Gasteiger partial charge in [0, 0.05) is 23.6 Å². The van der Waals surface area contributed by atoms with E-state index in [1.165, 1.54) is 5.56 Å². The van der Waals surface area contributed by atoms with Crippen molar-refractivity contribution in [1.82, 2.24) is 10.3 Å². The van der Waals surface area contributed by atoms with E-state index in [9.17, 15) is 4.79 Å². The van der Waals surface area contributed by atoms with Crippen LogP contribution in [0.4, 0.5) is 5.69 Å². The molecule has 0 aliphatic carbocycles. The van der Waals surface area contributed by atoms with Crippen LogP contribution in [0, 0.1) is 0 Å². The molecule has 2 N–H and O–H groups in total. The van der Waals surface area contributed by atoms with Crippen molar-refractivity contribution in [3.8, 4) is 0 Å². The maximum atomic E-state index is 12.6. The van der Waals surface area contributed by atoms with Crippen molar-refractivity contribution in [2.45, 2.75) is 19.9 Å². The summed E-state index contributed by atoms with van der Waals surface area (Å²) in [6.45, 7) is 2.50. The minimum Gasteiger partial charge on any atom is -0.326 e. The van der Waals surface area contributed by atoms with Gasteiger partial charge in [0.05, 0.1) is 6.54 Å². The number of aliphatic imine (C=N–C) groups is 1. The number of hydrogen-bond acceptors (Lipinski definition) is 3. The van der Waals surface area contributed by atoms with Crippen LogP contribution in [-0.2, 0) is 13.0 Å². The maximum absolute atomic E-state index is 12.6. The smallest absolute Gasteiger partial charge is 0.257 e. The Bertz CT molecular complexity index is 891. The van der Waals surface area contributed by atoms with Gasteiger partial charge in [0.15, 0.2) is 0 Å². The molecule has 0 aliphatic rings. The Morgan fingerprint density at radius 3 is 2.41 bits per heavy atom. The Morgan fingerprint density at radius 1 is 0.963 bits per heavy atom. The topological polar surface area (TPSA) is 66.4 Å². The summed E-state index contributed by atoms with van der Waals surface area (Å²) in [5.41, 5.74) is 3.60. The van der Waals surface area contributed by atoms with Crippen molar-refractivity contribution in [2.75, 3.05) is 5.32 Å². The molecule has 0 bridgehead atoms. The zero-order chi connectivity index (χ0) is 18.9. The minimum absolute atomic E-state index is 0.203. The molecule has 0 aliphatic heterocycles. The summed E-state index contributed by atoms with van der Waals surface area (Å²) in [5, 5.41) is 6.04. The van der Waals surface area contributed by atoms with E-state index in [4.69, 9.17) is 0 Å². The molecule has 0 atom stereocenters. The van der Waals surface area contributed by atoms with Gasteiger partial charge in [-0.1, -0.05) is 43.3 Å². The van der Waals surface area contributed by atoms with Crippen molar-refractivity contribution in [1.29, 1.82) is 0 Å². The number of aromatic nitrogens is 1. The fourth-order valence-electron chi connectivity index (χ4n) is 2.50. The molecule has 27 heavy (non-hydrogen) atoms. The zero-order valence-corrected chi connectivity index (χ0v) is 15.2. The molecule has 1 heterocycles. The summed E-state index contributed by atoms with van der Waals surface area (Å²) in [6, 6.07) is 21.0.